The minimum atomic E-state index is -2.52. The van der Waals surface area contributed by atoms with Gasteiger partial charge in [0, 0.05) is 36.3 Å². The van der Waals surface area contributed by atoms with Crippen LogP contribution in [0.3, 0.4) is 0 Å². The van der Waals surface area contributed by atoms with Crippen molar-refractivity contribution in [3.05, 3.63) is 29.2 Å². The van der Waals surface area contributed by atoms with Gasteiger partial charge < -0.3 is 5.32 Å². The van der Waals surface area contributed by atoms with E-state index in [1.165, 1.54) is 0 Å². The summed E-state index contributed by atoms with van der Waals surface area (Å²) in [5.41, 5.74) is 2.78. The van der Waals surface area contributed by atoms with E-state index in [1.807, 2.05) is 26.0 Å². The van der Waals surface area contributed by atoms with Crippen LogP contribution in [0.4, 0.5) is 14.6 Å². The van der Waals surface area contributed by atoms with Crippen molar-refractivity contribution in [3.63, 3.8) is 0 Å². The van der Waals surface area contributed by atoms with E-state index >= 15 is 0 Å². The fourth-order valence-corrected chi connectivity index (χ4v) is 3.03. The number of rotatable bonds is 4. The maximum Gasteiger partial charge on any atom is 0.252 e. The Morgan fingerprint density at radius 1 is 1.21 bits per heavy atom. The smallest absolute Gasteiger partial charge is 0.252 e. The first-order valence-corrected chi connectivity index (χ1v) is 8.42. The van der Waals surface area contributed by atoms with E-state index in [2.05, 4.69) is 27.3 Å². The molecule has 1 N–H and O–H groups in total. The molecule has 1 aliphatic carbocycles. The van der Waals surface area contributed by atoms with Crippen molar-refractivity contribution < 1.29 is 8.78 Å². The lowest BCUT2D eigenvalue weighted by atomic mass is 9.92. The van der Waals surface area contributed by atoms with Crippen molar-refractivity contribution in [3.8, 4) is 5.95 Å². The van der Waals surface area contributed by atoms with Crippen molar-refractivity contribution in [1.29, 1.82) is 0 Å². The number of nitrogens with zero attached hydrogens (tertiary/aromatic N) is 4. The summed E-state index contributed by atoms with van der Waals surface area (Å²) in [7, 11) is 0. The van der Waals surface area contributed by atoms with E-state index < -0.39 is 5.92 Å². The predicted molar refractivity (Wildman–Crippen MR) is 88.8 cm³/mol. The van der Waals surface area contributed by atoms with E-state index in [0.29, 0.717) is 24.6 Å². The summed E-state index contributed by atoms with van der Waals surface area (Å²) in [6.45, 7) is 5.91. The Kier molecular flexibility index (Phi) is 4.51. The minimum Gasteiger partial charge on any atom is -0.367 e. The highest BCUT2D eigenvalue weighted by Crippen LogP contribution is 2.34. The molecule has 0 unspecified atom stereocenters. The van der Waals surface area contributed by atoms with Gasteiger partial charge >= 0.3 is 0 Å². The van der Waals surface area contributed by atoms with Crippen LogP contribution < -0.4 is 5.32 Å². The van der Waals surface area contributed by atoms with Crippen LogP contribution in [-0.2, 0) is 6.42 Å². The summed E-state index contributed by atoms with van der Waals surface area (Å²) in [6.07, 6.45) is 1.61. The largest absolute Gasteiger partial charge is 0.367 e. The lowest BCUT2D eigenvalue weighted by molar-refractivity contribution is -0.0361. The van der Waals surface area contributed by atoms with Gasteiger partial charge in [-0.15, -0.1) is 0 Å². The van der Waals surface area contributed by atoms with E-state index in [4.69, 9.17) is 0 Å². The molecule has 130 valence electrons. The van der Waals surface area contributed by atoms with Crippen LogP contribution in [0.1, 0.15) is 49.7 Å². The second kappa shape index (κ2) is 6.45. The van der Waals surface area contributed by atoms with Gasteiger partial charge in [-0.3, -0.25) is 0 Å². The monoisotopic (exact) mass is 335 g/mol. The lowest BCUT2D eigenvalue weighted by Gasteiger charge is -2.29. The van der Waals surface area contributed by atoms with E-state index in [0.717, 1.165) is 23.5 Å². The molecular formula is C17H23F2N5. The van der Waals surface area contributed by atoms with Crippen LogP contribution in [0.2, 0.25) is 0 Å². The Hall–Kier alpha value is -2.05. The van der Waals surface area contributed by atoms with Crippen molar-refractivity contribution in [2.24, 2.45) is 0 Å². The van der Waals surface area contributed by atoms with Crippen molar-refractivity contribution in [1.82, 2.24) is 19.7 Å². The lowest BCUT2D eigenvalue weighted by Crippen LogP contribution is -2.32. The highest BCUT2D eigenvalue weighted by molar-refractivity contribution is 5.40. The minimum absolute atomic E-state index is 0.0247. The van der Waals surface area contributed by atoms with Gasteiger partial charge in [0.25, 0.3) is 5.95 Å². The zero-order chi connectivity index (χ0) is 17.3. The van der Waals surface area contributed by atoms with Crippen LogP contribution >= 0.6 is 0 Å². The number of nitrogens with one attached hydrogen (secondary N) is 1. The Morgan fingerprint density at radius 2 is 1.92 bits per heavy atom. The fraction of sp³-hybridized carbons (Fsp3) is 0.588. The zero-order valence-electron chi connectivity index (χ0n) is 14.3. The van der Waals surface area contributed by atoms with Crippen LogP contribution in [0, 0.1) is 13.8 Å². The predicted octanol–water partition coefficient (Wildman–Crippen LogP) is 3.83. The third-order valence-corrected chi connectivity index (χ3v) is 4.40. The summed E-state index contributed by atoms with van der Waals surface area (Å²) in [6, 6.07) is 3.88. The van der Waals surface area contributed by atoms with Crippen LogP contribution in [0.15, 0.2) is 12.1 Å². The maximum atomic E-state index is 13.3. The number of aryl methyl sites for hydroxylation is 3. The molecular weight excluding hydrogens is 312 g/mol. The summed E-state index contributed by atoms with van der Waals surface area (Å²) < 4.78 is 28.3. The standard InChI is InChI=1S/C17H23F2N5/c1-4-13-10-12(3)24(23-13)16-20-11(2)9-15(22-16)21-14-5-7-17(18,19)8-6-14/h9-10,14H,4-8H2,1-3H3,(H,20,21,22). The zero-order valence-corrected chi connectivity index (χ0v) is 14.3. The summed E-state index contributed by atoms with van der Waals surface area (Å²) in [5.74, 6) is -1.34. The molecule has 0 aromatic carbocycles. The molecule has 2 aromatic rings. The van der Waals surface area contributed by atoms with Crippen molar-refractivity contribution in [2.45, 2.75) is 64.8 Å². The quantitative estimate of drug-likeness (QED) is 0.922. The van der Waals surface area contributed by atoms with Gasteiger partial charge in [-0.25, -0.2) is 18.4 Å². The molecule has 24 heavy (non-hydrogen) atoms. The number of aromatic nitrogens is 4. The summed E-state index contributed by atoms with van der Waals surface area (Å²) >= 11 is 0. The second-order valence-electron chi connectivity index (χ2n) is 6.51. The van der Waals surface area contributed by atoms with Gasteiger partial charge in [0.2, 0.25) is 5.92 Å². The molecule has 0 aliphatic heterocycles. The molecule has 1 fully saturated rings. The number of hydrogen-bond acceptors (Lipinski definition) is 4. The first-order chi connectivity index (χ1) is 11.4. The van der Waals surface area contributed by atoms with E-state index in [1.54, 1.807) is 4.68 Å². The number of alkyl halides is 2. The Morgan fingerprint density at radius 3 is 2.54 bits per heavy atom. The number of anilines is 1. The molecule has 3 rings (SSSR count). The average Bonchev–Trinajstić information content (AvgIpc) is 2.90. The molecule has 0 bridgehead atoms. The third-order valence-electron chi connectivity index (χ3n) is 4.40. The normalized spacial score (nSPS) is 17.9. The van der Waals surface area contributed by atoms with Crippen LogP contribution in [0.5, 0.6) is 0 Å². The fourth-order valence-electron chi connectivity index (χ4n) is 3.03. The summed E-state index contributed by atoms with van der Waals surface area (Å²) in [4.78, 5) is 8.99. The highest BCUT2D eigenvalue weighted by Gasteiger charge is 2.34. The highest BCUT2D eigenvalue weighted by atomic mass is 19.3. The molecule has 0 saturated heterocycles. The van der Waals surface area contributed by atoms with Crippen molar-refractivity contribution in [2.75, 3.05) is 5.32 Å². The first kappa shape index (κ1) is 16.8. The topological polar surface area (TPSA) is 55.6 Å². The van der Waals surface area contributed by atoms with Gasteiger partial charge in [-0.1, -0.05) is 6.92 Å². The van der Waals surface area contributed by atoms with Gasteiger partial charge in [0.15, 0.2) is 0 Å². The van der Waals surface area contributed by atoms with Crippen LogP contribution in [0.25, 0.3) is 5.95 Å². The molecule has 2 heterocycles. The van der Waals surface area contributed by atoms with Gasteiger partial charge in [-0.05, 0) is 39.2 Å². The Labute approximate surface area is 140 Å². The van der Waals surface area contributed by atoms with Gasteiger partial charge in [0.05, 0.1) is 5.69 Å². The molecule has 0 atom stereocenters. The second-order valence-corrected chi connectivity index (χ2v) is 6.51. The average molecular weight is 335 g/mol. The molecule has 0 radical (unpaired) electrons. The third kappa shape index (κ3) is 3.71. The SMILES string of the molecule is CCc1cc(C)n(-c2nc(C)cc(NC3CCC(F)(F)CC3)n2)n1. The van der Waals surface area contributed by atoms with Crippen LogP contribution in [-0.4, -0.2) is 31.7 Å². The first-order valence-electron chi connectivity index (χ1n) is 8.42. The number of halogens is 2. The van der Waals surface area contributed by atoms with Gasteiger partial charge in [0.1, 0.15) is 5.82 Å². The molecule has 0 spiro atoms. The van der Waals surface area contributed by atoms with Crippen molar-refractivity contribution >= 4 is 5.82 Å². The molecule has 1 aliphatic rings. The van der Waals surface area contributed by atoms with Gasteiger partial charge in [-0.2, -0.15) is 10.1 Å². The Bertz CT molecular complexity index is 716. The Balaban J connectivity index is 1.80. The molecule has 5 nitrogen and oxygen atoms in total. The molecule has 2 aromatic heterocycles. The maximum absolute atomic E-state index is 13.3. The number of hydrogen-bond donors (Lipinski definition) is 1. The molecule has 0 amide bonds. The van der Waals surface area contributed by atoms with E-state index in [-0.39, 0.29) is 18.9 Å². The summed E-state index contributed by atoms with van der Waals surface area (Å²) in [5, 5.41) is 7.80. The molecule has 7 heteroatoms. The molecule has 1 saturated carbocycles. The van der Waals surface area contributed by atoms with E-state index in [9.17, 15) is 8.78 Å².